The minimum atomic E-state index is -0.814. The number of amides is 4. The van der Waals surface area contributed by atoms with Crippen LogP contribution in [0.2, 0.25) is 5.02 Å². The zero-order chi connectivity index (χ0) is 25.9. The Kier molecular flexibility index (Phi) is 6.66. The fourth-order valence-corrected chi connectivity index (χ4v) is 4.33. The Morgan fingerprint density at radius 3 is 2.38 bits per heavy atom. The Morgan fingerprint density at radius 2 is 1.62 bits per heavy atom. The Balaban J connectivity index is 1.44. The van der Waals surface area contributed by atoms with Crippen molar-refractivity contribution >= 4 is 52.1 Å². The number of halogens is 1. The highest BCUT2D eigenvalue weighted by Gasteiger charge is 2.37. The minimum absolute atomic E-state index is 0.150. The highest BCUT2D eigenvalue weighted by Crippen LogP contribution is 2.28. The van der Waals surface area contributed by atoms with Gasteiger partial charge in [-0.05, 0) is 48.5 Å². The number of nitrogens with one attached hydrogen (secondary N) is 1. The lowest BCUT2D eigenvalue weighted by Gasteiger charge is -2.26. The monoisotopic (exact) mass is 515 g/mol. The molecule has 1 fully saturated rings. The number of carbonyl (C=O) groups excluding carboxylic acids is 3. The predicted octanol–water partition coefficient (Wildman–Crippen LogP) is 5.05. The number of rotatable bonds is 7. The third-order valence-electron chi connectivity index (χ3n) is 5.96. The topological polar surface area (TPSA) is 89.9 Å². The van der Waals surface area contributed by atoms with Gasteiger partial charge in [0.2, 0.25) is 0 Å². The summed E-state index contributed by atoms with van der Waals surface area (Å²) in [6.07, 6.45) is 3.36. The zero-order valence-electron chi connectivity index (χ0n) is 19.8. The van der Waals surface area contributed by atoms with Crippen LogP contribution in [-0.4, -0.2) is 36.1 Å². The van der Waals surface area contributed by atoms with Crippen molar-refractivity contribution in [2.45, 2.75) is 6.54 Å². The lowest BCUT2D eigenvalue weighted by molar-refractivity contribution is -0.122. The number of ether oxygens (including phenoxy) is 2. The van der Waals surface area contributed by atoms with E-state index in [4.69, 9.17) is 21.1 Å². The summed E-state index contributed by atoms with van der Waals surface area (Å²) in [5.41, 5.74) is 1.73. The first kappa shape index (κ1) is 24.1. The van der Waals surface area contributed by atoms with E-state index in [1.54, 1.807) is 31.4 Å². The van der Waals surface area contributed by atoms with Crippen molar-refractivity contribution in [2.24, 2.45) is 0 Å². The third-order valence-corrected chi connectivity index (χ3v) is 6.22. The molecule has 4 aromatic rings. The second-order valence-electron chi connectivity index (χ2n) is 8.23. The van der Waals surface area contributed by atoms with Crippen molar-refractivity contribution in [3.63, 3.8) is 0 Å². The molecule has 8 nitrogen and oxygen atoms in total. The molecule has 5 rings (SSSR count). The van der Waals surface area contributed by atoms with Gasteiger partial charge in [0.25, 0.3) is 11.8 Å². The second kappa shape index (κ2) is 10.2. The number of methoxy groups -OCH3 is 1. The van der Waals surface area contributed by atoms with E-state index in [9.17, 15) is 14.4 Å². The smallest absolute Gasteiger partial charge is 0.335 e. The number of nitrogens with zero attached hydrogens (tertiary/aromatic N) is 2. The van der Waals surface area contributed by atoms with Crippen LogP contribution in [0, 0.1) is 0 Å². The van der Waals surface area contributed by atoms with Gasteiger partial charge in [0.1, 0.15) is 12.2 Å². The average molecular weight is 516 g/mol. The molecule has 0 bridgehead atoms. The van der Waals surface area contributed by atoms with Crippen molar-refractivity contribution in [3.05, 3.63) is 95.2 Å². The van der Waals surface area contributed by atoms with Gasteiger partial charge < -0.3 is 14.0 Å². The number of hydrogen-bond acceptors (Lipinski definition) is 5. The molecule has 0 atom stereocenters. The van der Waals surface area contributed by atoms with Crippen LogP contribution in [-0.2, 0) is 16.1 Å². The Morgan fingerprint density at radius 1 is 0.919 bits per heavy atom. The molecular formula is C28H22ClN3O5. The van der Waals surface area contributed by atoms with E-state index in [2.05, 4.69) is 5.32 Å². The summed E-state index contributed by atoms with van der Waals surface area (Å²) in [6.45, 7) is 0.880. The summed E-state index contributed by atoms with van der Waals surface area (Å²) in [4.78, 5) is 39.4. The van der Waals surface area contributed by atoms with Crippen LogP contribution in [0.4, 0.5) is 10.5 Å². The molecule has 3 aromatic carbocycles. The molecular weight excluding hydrogens is 494 g/mol. The minimum Gasteiger partial charge on any atom is -0.493 e. The van der Waals surface area contributed by atoms with Crippen molar-refractivity contribution in [2.75, 3.05) is 18.6 Å². The molecule has 1 aliphatic heterocycles. The molecule has 0 radical (unpaired) electrons. The van der Waals surface area contributed by atoms with E-state index in [1.807, 2.05) is 59.3 Å². The van der Waals surface area contributed by atoms with Crippen LogP contribution in [0.1, 0.15) is 5.56 Å². The van der Waals surface area contributed by atoms with Crippen molar-refractivity contribution in [1.29, 1.82) is 0 Å². The summed E-state index contributed by atoms with van der Waals surface area (Å²) in [7, 11) is 1.59. The molecule has 0 aliphatic carbocycles. The third kappa shape index (κ3) is 4.79. The highest BCUT2D eigenvalue weighted by atomic mass is 35.5. The highest BCUT2D eigenvalue weighted by molar-refractivity contribution is 6.39. The number of imide groups is 2. The average Bonchev–Trinajstić information content (AvgIpc) is 3.25. The lowest BCUT2D eigenvalue weighted by atomic mass is 10.1. The van der Waals surface area contributed by atoms with Gasteiger partial charge in [-0.1, -0.05) is 41.9 Å². The quantitative estimate of drug-likeness (QED) is 0.275. The molecule has 2 heterocycles. The number of carbonyl (C=O) groups is 3. The maximum absolute atomic E-state index is 13.3. The number of para-hydroxylation sites is 3. The van der Waals surface area contributed by atoms with Gasteiger partial charge in [0.15, 0.2) is 11.5 Å². The van der Waals surface area contributed by atoms with Crippen molar-refractivity contribution in [1.82, 2.24) is 9.88 Å². The van der Waals surface area contributed by atoms with E-state index in [-0.39, 0.29) is 5.57 Å². The van der Waals surface area contributed by atoms with E-state index >= 15 is 0 Å². The normalized spacial score (nSPS) is 14.8. The Labute approximate surface area is 217 Å². The first-order valence-corrected chi connectivity index (χ1v) is 11.8. The molecule has 0 spiro atoms. The number of barbiturate groups is 1. The predicted molar refractivity (Wildman–Crippen MR) is 141 cm³/mol. The number of aromatic nitrogens is 1. The van der Waals surface area contributed by atoms with Crippen LogP contribution in [0.5, 0.6) is 11.5 Å². The van der Waals surface area contributed by atoms with E-state index < -0.39 is 17.8 Å². The second-order valence-corrected chi connectivity index (χ2v) is 8.67. The molecule has 1 saturated heterocycles. The SMILES string of the molecule is COc1ccccc1OCCn1cc(C=C2C(=O)NC(=O)N(c3ccc(Cl)cc3)C2=O)c2ccccc21. The summed E-state index contributed by atoms with van der Waals surface area (Å²) in [5.74, 6) is -0.184. The summed E-state index contributed by atoms with van der Waals surface area (Å²) in [6, 6.07) is 20.5. The molecule has 1 aliphatic rings. The van der Waals surface area contributed by atoms with Gasteiger partial charge in [-0.2, -0.15) is 0 Å². The number of urea groups is 1. The molecule has 0 unspecified atom stereocenters. The van der Waals surface area contributed by atoms with Crippen LogP contribution in [0.15, 0.2) is 84.6 Å². The van der Waals surface area contributed by atoms with E-state index in [0.29, 0.717) is 40.9 Å². The maximum Gasteiger partial charge on any atom is 0.335 e. The van der Waals surface area contributed by atoms with Gasteiger partial charge in [-0.3, -0.25) is 14.9 Å². The van der Waals surface area contributed by atoms with Crippen molar-refractivity contribution in [3.8, 4) is 11.5 Å². The molecule has 1 aromatic heterocycles. The standard InChI is InChI=1S/C28H22ClN3O5/c1-36-24-8-4-5-9-25(24)37-15-14-31-17-18(21-6-2-3-7-23(21)31)16-22-26(33)30-28(35)32(27(22)34)20-12-10-19(29)11-13-20/h2-13,16-17H,14-15H2,1H3,(H,30,33,35). The summed E-state index contributed by atoms with van der Waals surface area (Å²) in [5, 5.41) is 3.56. The van der Waals surface area contributed by atoms with Gasteiger partial charge >= 0.3 is 6.03 Å². The van der Waals surface area contributed by atoms with Gasteiger partial charge in [0.05, 0.1) is 19.3 Å². The molecule has 4 amide bonds. The molecule has 1 N–H and O–H groups in total. The molecule has 37 heavy (non-hydrogen) atoms. The van der Waals surface area contributed by atoms with Crippen LogP contribution in [0.25, 0.3) is 17.0 Å². The van der Waals surface area contributed by atoms with Crippen LogP contribution in [0.3, 0.4) is 0 Å². The largest absolute Gasteiger partial charge is 0.493 e. The number of anilines is 1. The van der Waals surface area contributed by atoms with Gasteiger partial charge in [-0.25, -0.2) is 9.69 Å². The number of fused-ring (bicyclic) bond motifs is 1. The fourth-order valence-electron chi connectivity index (χ4n) is 4.20. The number of benzene rings is 3. The van der Waals surface area contributed by atoms with Crippen LogP contribution < -0.4 is 19.7 Å². The first-order valence-electron chi connectivity index (χ1n) is 11.5. The van der Waals surface area contributed by atoms with Gasteiger partial charge in [-0.15, -0.1) is 0 Å². The van der Waals surface area contributed by atoms with Crippen LogP contribution >= 0.6 is 11.6 Å². The summed E-state index contributed by atoms with van der Waals surface area (Å²) >= 11 is 5.94. The fraction of sp³-hybridized carbons (Fsp3) is 0.107. The number of hydrogen-bond donors (Lipinski definition) is 1. The lowest BCUT2D eigenvalue weighted by Crippen LogP contribution is -2.54. The summed E-state index contributed by atoms with van der Waals surface area (Å²) < 4.78 is 13.3. The van der Waals surface area contributed by atoms with E-state index in [0.717, 1.165) is 15.8 Å². The van der Waals surface area contributed by atoms with Gasteiger partial charge in [0, 0.05) is 27.7 Å². The zero-order valence-corrected chi connectivity index (χ0v) is 20.6. The Bertz CT molecular complexity index is 1540. The molecule has 9 heteroatoms. The molecule has 186 valence electrons. The molecule has 0 saturated carbocycles. The van der Waals surface area contributed by atoms with Crippen molar-refractivity contribution < 1.29 is 23.9 Å². The Hall–Kier alpha value is -4.56. The first-order chi connectivity index (χ1) is 18.0. The maximum atomic E-state index is 13.3. The van der Waals surface area contributed by atoms with E-state index in [1.165, 1.54) is 6.08 Å².